The number of nitrogens with one attached hydrogen (secondary N) is 2. The molecule has 194 valence electrons. The van der Waals surface area contributed by atoms with Gasteiger partial charge in [-0.15, -0.1) is 0 Å². The summed E-state index contributed by atoms with van der Waals surface area (Å²) in [6, 6.07) is 8.62. The Morgan fingerprint density at radius 3 is 2.46 bits per heavy atom. The SMILES string of the molecule is CC(C(=O)Nc1ccc(Oc2ccc(F)c(F)c2)cn1)N1CCN(C(=O)c2ccc(=O)[nH]c2)C(C)(C)C1. The Balaban J connectivity index is 1.35. The van der Waals surface area contributed by atoms with Crippen molar-refractivity contribution < 1.29 is 23.1 Å². The molecule has 2 aromatic heterocycles. The number of carbonyl (C=O) groups is 2. The molecule has 2 N–H and O–H groups in total. The van der Waals surface area contributed by atoms with Crippen LogP contribution in [0.15, 0.2) is 59.7 Å². The molecule has 0 saturated carbocycles. The van der Waals surface area contributed by atoms with Gasteiger partial charge in [0.25, 0.3) is 5.91 Å². The fourth-order valence-corrected chi connectivity index (χ4v) is 4.19. The third-order valence-electron chi connectivity index (χ3n) is 6.25. The molecular weight excluding hydrogens is 484 g/mol. The zero-order valence-corrected chi connectivity index (χ0v) is 20.6. The lowest BCUT2D eigenvalue weighted by Crippen LogP contribution is -2.63. The van der Waals surface area contributed by atoms with Crippen LogP contribution in [0, 0.1) is 11.6 Å². The van der Waals surface area contributed by atoms with E-state index >= 15 is 0 Å². The summed E-state index contributed by atoms with van der Waals surface area (Å²) in [5, 5.41) is 2.77. The number of pyridine rings is 2. The number of nitrogens with zero attached hydrogens (tertiary/aromatic N) is 3. The van der Waals surface area contributed by atoms with Crippen molar-refractivity contribution in [3.63, 3.8) is 0 Å². The van der Waals surface area contributed by atoms with Crippen LogP contribution >= 0.6 is 0 Å². The van der Waals surface area contributed by atoms with Crippen molar-refractivity contribution in [1.29, 1.82) is 0 Å². The lowest BCUT2D eigenvalue weighted by atomic mass is 9.96. The molecule has 1 aliphatic heterocycles. The van der Waals surface area contributed by atoms with Crippen molar-refractivity contribution >= 4 is 17.6 Å². The van der Waals surface area contributed by atoms with Crippen LogP contribution in [0.25, 0.3) is 0 Å². The van der Waals surface area contributed by atoms with Gasteiger partial charge in [0.05, 0.1) is 23.3 Å². The van der Waals surface area contributed by atoms with Crippen molar-refractivity contribution in [1.82, 2.24) is 19.8 Å². The van der Waals surface area contributed by atoms with Crippen molar-refractivity contribution in [3.05, 3.63) is 82.4 Å². The smallest absolute Gasteiger partial charge is 0.255 e. The predicted octanol–water partition coefficient (Wildman–Crippen LogP) is 3.40. The highest BCUT2D eigenvalue weighted by Crippen LogP contribution is 2.26. The normalized spacial score (nSPS) is 16.2. The molecule has 1 aromatic carbocycles. The summed E-state index contributed by atoms with van der Waals surface area (Å²) in [7, 11) is 0. The van der Waals surface area contributed by atoms with E-state index in [0.29, 0.717) is 36.8 Å². The molecule has 11 heteroatoms. The molecule has 3 heterocycles. The van der Waals surface area contributed by atoms with Crippen LogP contribution in [0.5, 0.6) is 11.5 Å². The van der Waals surface area contributed by atoms with Gasteiger partial charge >= 0.3 is 0 Å². The Labute approximate surface area is 212 Å². The first-order valence-electron chi connectivity index (χ1n) is 11.7. The van der Waals surface area contributed by atoms with E-state index < -0.39 is 23.2 Å². The molecule has 37 heavy (non-hydrogen) atoms. The number of benzene rings is 1. The monoisotopic (exact) mass is 511 g/mol. The first-order chi connectivity index (χ1) is 17.5. The number of hydrogen-bond acceptors (Lipinski definition) is 6. The molecule has 1 saturated heterocycles. The van der Waals surface area contributed by atoms with Gasteiger partial charge in [0.2, 0.25) is 11.5 Å². The highest BCUT2D eigenvalue weighted by Gasteiger charge is 2.39. The highest BCUT2D eigenvalue weighted by atomic mass is 19.2. The van der Waals surface area contributed by atoms with E-state index in [-0.39, 0.29) is 23.1 Å². The highest BCUT2D eigenvalue weighted by molar-refractivity contribution is 5.95. The van der Waals surface area contributed by atoms with Crippen molar-refractivity contribution in [3.8, 4) is 11.5 Å². The summed E-state index contributed by atoms with van der Waals surface area (Å²) in [5.41, 5.74) is -0.438. The molecule has 3 aromatic rings. The molecule has 0 radical (unpaired) electrons. The van der Waals surface area contributed by atoms with Crippen LogP contribution in [-0.2, 0) is 4.79 Å². The van der Waals surface area contributed by atoms with Gasteiger partial charge in [-0.25, -0.2) is 13.8 Å². The summed E-state index contributed by atoms with van der Waals surface area (Å²) in [4.78, 5) is 47.7. The number of rotatable bonds is 6. The van der Waals surface area contributed by atoms with E-state index in [1.807, 2.05) is 18.7 Å². The van der Waals surface area contributed by atoms with E-state index in [1.54, 1.807) is 24.0 Å². The number of aromatic amines is 1. The van der Waals surface area contributed by atoms with Crippen molar-refractivity contribution in [2.24, 2.45) is 0 Å². The van der Waals surface area contributed by atoms with Crippen LogP contribution in [0.4, 0.5) is 14.6 Å². The van der Waals surface area contributed by atoms with E-state index in [0.717, 1.165) is 12.1 Å². The van der Waals surface area contributed by atoms with Gasteiger partial charge in [-0.1, -0.05) is 0 Å². The molecule has 1 atom stereocenters. The molecule has 0 bridgehead atoms. The second-order valence-electron chi connectivity index (χ2n) is 9.40. The number of H-pyrrole nitrogens is 1. The summed E-state index contributed by atoms with van der Waals surface area (Å²) in [6.07, 6.45) is 2.77. The standard InChI is InChI=1S/C26H27F2N5O4/c1-16(32-10-11-33(26(2,3)15-32)25(36)17-4-9-23(34)30-13-17)24(35)31-22-8-6-19(14-29-22)37-18-5-7-20(27)21(28)12-18/h4-9,12-14,16H,10-11,15H2,1-3H3,(H,30,34)(H,29,31,35). The largest absolute Gasteiger partial charge is 0.456 e. The molecule has 9 nitrogen and oxygen atoms in total. The number of aromatic nitrogens is 2. The summed E-state index contributed by atoms with van der Waals surface area (Å²) < 4.78 is 31.9. The average Bonchev–Trinajstić information content (AvgIpc) is 2.86. The van der Waals surface area contributed by atoms with E-state index in [1.165, 1.54) is 30.6 Å². The maximum absolute atomic E-state index is 13.4. The fraction of sp³-hybridized carbons (Fsp3) is 0.308. The molecule has 1 unspecified atom stereocenters. The number of halogens is 2. The first kappa shape index (κ1) is 26.0. The molecule has 1 aliphatic rings. The van der Waals surface area contributed by atoms with Gasteiger partial charge in [-0.2, -0.15) is 0 Å². The topological polar surface area (TPSA) is 108 Å². The summed E-state index contributed by atoms with van der Waals surface area (Å²) in [6.45, 7) is 7.01. The van der Waals surface area contributed by atoms with Crippen LogP contribution in [-0.4, -0.2) is 62.8 Å². The van der Waals surface area contributed by atoms with Gasteiger partial charge in [0.15, 0.2) is 11.6 Å². The van der Waals surface area contributed by atoms with Crippen LogP contribution < -0.4 is 15.6 Å². The number of amides is 2. The van der Waals surface area contributed by atoms with Gasteiger partial charge in [-0.3, -0.25) is 19.3 Å². The third kappa shape index (κ3) is 6.00. The van der Waals surface area contributed by atoms with E-state index in [2.05, 4.69) is 15.3 Å². The third-order valence-corrected chi connectivity index (χ3v) is 6.25. The molecule has 1 fully saturated rings. The van der Waals surface area contributed by atoms with Gasteiger partial charge < -0.3 is 19.9 Å². The maximum Gasteiger partial charge on any atom is 0.255 e. The second kappa shape index (κ2) is 10.5. The predicted molar refractivity (Wildman–Crippen MR) is 133 cm³/mol. The van der Waals surface area contributed by atoms with Crippen molar-refractivity contribution in [2.45, 2.75) is 32.4 Å². The molecular formula is C26H27F2N5O4. The Morgan fingerprint density at radius 2 is 1.84 bits per heavy atom. The first-order valence-corrected chi connectivity index (χ1v) is 11.7. The van der Waals surface area contributed by atoms with E-state index in [9.17, 15) is 23.2 Å². The number of piperazine rings is 1. The number of ether oxygens (including phenoxy) is 1. The fourth-order valence-electron chi connectivity index (χ4n) is 4.19. The van der Waals surface area contributed by atoms with Gasteiger partial charge in [0, 0.05) is 38.0 Å². The number of anilines is 1. The Kier molecular flexibility index (Phi) is 7.35. The van der Waals surface area contributed by atoms with Crippen LogP contribution in [0.1, 0.15) is 31.1 Å². The molecule has 4 rings (SSSR count). The van der Waals surface area contributed by atoms with Crippen LogP contribution in [0.2, 0.25) is 0 Å². The zero-order valence-electron chi connectivity index (χ0n) is 20.6. The zero-order chi connectivity index (χ0) is 26.7. The Hall–Kier alpha value is -4.12. The van der Waals surface area contributed by atoms with Crippen molar-refractivity contribution in [2.75, 3.05) is 25.0 Å². The minimum absolute atomic E-state index is 0.117. The van der Waals surface area contributed by atoms with Gasteiger partial charge in [0.1, 0.15) is 17.3 Å². The molecule has 0 aliphatic carbocycles. The minimum Gasteiger partial charge on any atom is -0.456 e. The molecule has 2 amide bonds. The summed E-state index contributed by atoms with van der Waals surface area (Å²) >= 11 is 0. The number of hydrogen-bond donors (Lipinski definition) is 2. The van der Waals surface area contributed by atoms with E-state index in [4.69, 9.17) is 4.74 Å². The lowest BCUT2D eigenvalue weighted by molar-refractivity contribution is -0.122. The Bertz CT molecular complexity index is 1340. The average molecular weight is 512 g/mol. The summed E-state index contributed by atoms with van der Waals surface area (Å²) in [5.74, 6) is -1.73. The van der Waals surface area contributed by atoms with Crippen LogP contribution in [0.3, 0.4) is 0 Å². The van der Waals surface area contributed by atoms with Gasteiger partial charge in [-0.05, 0) is 51.1 Å². The maximum atomic E-state index is 13.4. The number of carbonyl (C=O) groups excluding carboxylic acids is 2. The lowest BCUT2D eigenvalue weighted by Gasteiger charge is -2.48. The second-order valence-corrected chi connectivity index (χ2v) is 9.40. The molecule has 0 spiro atoms. The minimum atomic E-state index is -1.02. The quantitative estimate of drug-likeness (QED) is 0.525. The Morgan fingerprint density at radius 1 is 1.08 bits per heavy atom.